The van der Waals surface area contributed by atoms with E-state index in [0.29, 0.717) is 0 Å². The molecule has 1 aliphatic carbocycles. The van der Waals surface area contributed by atoms with Crippen molar-refractivity contribution in [1.29, 1.82) is 0 Å². The number of allylic oxidation sites excluding steroid dienone is 1. The molecule has 0 unspecified atom stereocenters. The van der Waals surface area contributed by atoms with E-state index in [0.717, 1.165) is 24.8 Å². The zero-order valence-corrected chi connectivity index (χ0v) is 7.80. The minimum atomic E-state index is 0.149. The highest BCUT2D eigenvalue weighted by Crippen LogP contribution is 2.18. The summed E-state index contributed by atoms with van der Waals surface area (Å²) in [5.41, 5.74) is 0.968. The van der Waals surface area contributed by atoms with Gasteiger partial charge in [-0.25, -0.2) is 0 Å². The summed E-state index contributed by atoms with van der Waals surface area (Å²) in [7, 11) is 0. The summed E-state index contributed by atoms with van der Waals surface area (Å²) < 4.78 is 5.23. The van der Waals surface area contributed by atoms with Crippen LogP contribution in [-0.2, 0) is 9.53 Å². The molecule has 0 heterocycles. The maximum absolute atomic E-state index is 11.4. The fourth-order valence-electron chi connectivity index (χ4n) is 1.26. The van der Waals surface area contributed by atoms with Crippen molar-refractivity contribution in [2.24, 2.45) is 0 Å². The van der Waals surface area contributed by atoms with Crippen molar-refractivity contribution in [3.8, 4) is 0 Å². The Morgan fingerprint density at radius 1 is 1.67 bits per heavy atom. The third kappa shape index (κ3) is 2.78. The van der Waals surface area contributed by atoms with Crippen LogP contribution in [0.15, 0.2) is 11.6 Å². The van der Waals surface area contributed by atoms with Crippen molar-refractivity contribution in [2.75, 3.05) is 6.61 Å². The lowest BCUT2D eigenvalue weighted by Gasteiger charge is -2.06. The van der Waals surface area contributed by atoms with Crippen LogP contribution in [0.5, 0.6) is 0 Å². The number of ketones is 1. The van der Waals surface area contributed by atoms with Gasteiger partial charge in [-0.3, -0.25) is 4.79 Å². The second-order valence-corrected chi connectivity index (χ2v) is 3.40. The lowest BCUT2D eigenvalue weighted by atomic mass is 10.1. The normalized spacial score (nSPS) is 16.8. The molecular weight excluding hydrogens is 152 g/mol. The highest BCUT2D eigenvalue weighted by atomic mass is 16.5. The number of Topliss-reactive ketones (excluding diaryl/α,β-unsaturated/α-hetero) is 1. The zero-order valence-electron chi connectivity index (χ0n) is 7.80. The van der Waals surface area contributed by atoms with Crippen molar-refractivity contribution in [3.63, 3.8) is 0 Å². The Kier molecular flexibility index (Phi) is 3.48. The fourth-order valence-corrected chi connectivity index (χ4v) is 1.26. The highest BCUT2D eigenvalue weighted by molar-refractivity contribution is 5.96. The van der Waals surface area contributed by atoms with E-state index < -0.39 is 0 Å². The Balaban J connectivity index is 2.28. The number of hydrogen-bond donors (Lipinski definition) is 0. The van der Waals surface area contributed by atoms with E-state index in [1.807, 2.05) is 19.9 Å². The van der Waals surface area contributed by atoms with Crippen LogP contribution in [-0.4, -0.2) is 18.5 Å². The summed E-state index contributed by atoms with van der Waals surface area (Å²) in [6.07, 6.45) is 5.31. The topological polar surface area (TPSA) is 26.3 Å². The Labute approximate surface area is 73.6 Å². The molecule has 0 aromatic carbocycles. The third-order valence-corrected chi connectivity index (χ3v) is 1.95. The van der Waals surface area contributed by atoms with Crippen LogP contribution >= 0.6 is 0 Å². The van der Waals surface area contributed by atoms with Gasteiger partial charge in [-0.1, -0.05) is 6.08 Å². The summed E-state index contributed by atoms with van der Waals surface area (Å²) in [5.74, 6) is 0.168. The van der Waals surface area contributed by atoms with E-state index in [9.17, 15) is 4.79 Å². The summed E-state index contributed by atoms with van der Waals surface area (Å²) in [5, 5.41) is 0. The van der Waals surface area contributed by atoms with Gasteiger partial charge in [0, 0.05) is 0 Å². The summed E-state index contributed by atoms with van der Waals surface area (Å²) in [4.78, 5) is 11.4. The van der Waals surface area contributed by atoms with Gasteiger partial charge in [0.05, 0.1) is 6.10 Å². The quantitative estimate of drug-likeness (QED) is 0.642. The summed E-state index contributed by atoms with van der Waals surface area (Å²) in [6.45, 7) is 4.14. The van der Waals surface area contributed by atoms with Crippen molar-refractivity contribution in [2.45, 2.75) is 39.2 Å². The molecule has 1 aliphatic rings. The first-order valence-corrected chi connectivity index (χ1v) is 4.54. The molecule has 0 spiro atoms. The van der Waals surface area contributed by atoms with Gasteiger partial charge in [0.2, 0.25) is 0 Å². The smallest absolute Gasteiger partial charge is 0.184 e. The van der Waals surface area contributed by atoms with Crippen molar-refractivity contribution >= 4 is 5.78 Å². The monoisotopic (exact) mass is 168 g/mol. The fraction of sp³-hybridized carbons (Fsp3) is 0.700. The second kappa shape index (κ2) is 4.41. The molecule has 12 heavy (non-hydrogen) atoms. The molecule has 0 atom stereocenters. The molecule has 0 aromatic rings. The van der Waals surface area contributed by atoms with Crippen LogP contribution < -0.4 is 0 Å². The number of carbonyl (C=O) groups is 1. The van der Waals surface area contributed by atoms with Gasteiger partial charge in [0.15, 0.2) is 5.78 Å². The van der Waals surface area contributed by atoms with Gasteiger partial charge in [0.1, 0.15) is 6.61 Å². The van der Waals surface area contributed by atoms with Crippen LogP contribution in [0.1, 0.15) is 33.1 Å². The average Bonchev–Trinajstić information content (AvgIpc) is 2.51. The predicted molar refractivity (Wildman–Crippen MR) is 48.0 cm³/mol. The molecule has 0 saturated heterocycles. The molecule has 2 heteroatoms. The van der Waals surface area contributed by atoms with Crippen molar-refractivity contribution < 1.29 is 9.53 Å². The lowest BCUT2D eigenvalue weighted by Crippen LogP contribution is -2.14. The van der Waals surface area contributed by atoms with E-state index in [1.165, 1.54) is 0 Å². The van der Waals surface area contributed by atoms with Crippen molar-refractivity contribution in [3.05, 3.63) is 11.6 Å². The van der Waals surface area contributed by atoms with E-state index in [1.54, 1.807) is 0 Å². The molecule has 0 bridgehead atoms. The maximum Gasteiger partial charge on any atom is 0.184 e. The molecule has 0 radical (unpaired) electrons. The first-order valence-electron chi connectivity index (χ1n) is 4.54. The highest BCUT2D eigenvalue weighted by Gasteiger charge is 2.13. The molecule has 0 fully saturated rings. The van der Waals surface area contributed by atoms with Gasteiger partial charge < -0.3 is 4.74 Å². The minimum absolute atomic E-state index is 0.149. The minimum Gasteiger partial charge on any atom is -0.371 e. The van der Waals surface area contributed by atoms with E-state index in [-0.39, 0.29) is 18.5 Å². The molecule has 0 N–H and O–H groups in total. The molecule has 2 nitrogen and oxygen atoms in total. The Morgan fingerprint density at radius 3 is 2.92 bits per heavy atom. The van der Waals surface area contributed by atoms with Crippen LogP contribution in [0.25, 0.3) is 0 Å². The van der Waals surface area contributed by atoms with E-state index in [4.69, 9.17) is 4.74 Å². The first-order chi connectivity index (χ1) is 5.70. The Hall–Kier alpha value is -0.630. The van der Waals surface area contributed by atoms with Crippen LogP contribution in [0.2, 0.25) is 0 Å². The van der Waals surface area contributed by atoms with Gasteiger partial charge in [-0.05, 0) is 38.7 Å². The number of ether oxygens (including phenoxy) is 1. The van der Waals surface area contributed by atoms with Gasteiger partial charge >= 0.3 is 0 Å². The third-order valence-electron chi connectivity index (χ3n) is 1.95. The largest absolute Gasteiger partial charge is 0.371 e. The SMILES string of the molecule is CC(C)OCC(=O)C1=CCCC1. The first kappa shape index (κ1) is 9.46. The van der Waals surface area contributed by atoms with E-state index in [2.05, 4.69) is 0 Å². The van der Waals surface area contributed by atoms with E-state index >= 15 is 0 Å². The van der Waals surface area contributed by atoms with Crippen LogP contribution in [0.4, 0.5) is 0 Å². The number of rotatable bonds is 4. The van der Waals surface area contributed by atoms with Crippen molar-refractivity contribution in [1.82, 2.24) is 0 Å². The standard InChI is InChI=1S/C10H16O2/c1-8(2)12-7-10(11)9-5-3-4-6-9/h5,8H,3-4,6-7H2,1-2H3. The predicted octanol–water partition coefficient (Wildman–Crippen LogP) is 2.09. The van der Waals surface area contributed by atoms with Gasteiger partial charge in [-0.15, -0.1) is 0 Å². The Morgan fingerprint density at radius 2 is 2.42 bits per heavy atom. The summed E-state index contributed by atoms with van der Waals surface area (Å²) >= 11 is 0. The molecule has 0 aliphatic heterocycles. The van der Waals surface area contributed by atoms with Gasteiger partial charge in [-0.2, -0.15) is 0 Å². The molecule has 1 rings (SSSR count). The zero-order chi connectivity index (χ0) is 8.97. The maximum atomic E-state index is 11.4. The summed E-state index contributed by atoms with van der Waals surface area (Å²) in [6, 6.07) is 0. The molecule has 0 amide bonds. The van der Waals surface area contributed by atoms with Crippen LogP contribution in [0.3, 0.4) is 0 Å². The molecular formula is C10H16O2. The Bertz CT molecular complexity index is 192. The van der Waals surface area contributed by atoms with Crippen LogP contribution in [0, 0.1) is 0 Å². The lowest BCUT2D eigenvalue weighted by molar-refractivity contribution is -0.121. The number of hydrogen-bond acceptors (Lipinski definition) is 2. The molecule has 0 aromatic heterocycles. The second-order valence-electron chi connectivity index (χ2n) is 3.40. The average molecular weight is 168 g/mol. The van der Waals surface area contributed by atoms with Gasteiger partial charge in [0.25, 0.3) is 0 Å². The molecule has 0 saturated carbocycles. The number of carbonyl (C=O) groups excluding carboxylic acids is 1. The molecule has 68 valence electrons.